The van der Waals surface area contributed by atoms with Crippen molar-refractivity contribution in [1.29, 1.82) is 0 Å². The van der Waals surface area contributed by atoms with Crippen molar-refractivity contribution < 1.29 is 4.73 Å². The Kier molecular flexibility index (Phi) is 2.86. The lowest BCUT2D eigenvalue weighted by Gasteiger charge is -2.23. The standard InChI is InChI=1S/C9H12BrN3O/c10-8-7-13(14)9(6-11-8)12-4-2-1-3-5-12/h6-7H,1-5H2. The molecular weight excluding hydrogens is 246 g/mol. The molecule has 1 aromatic rings. The Morgan fingerprint density at radius 3 is 2.71 bits per heavy atom. The third kappa shape index (κ3) is 1.97. The Morgan fingerprint density at radius 2 is 2.07 bits per heavy atom. The second-order valence-electron chi connectivity index (χ2n) is 3.44. The van der Waals surface area contributed by atoms with Crippen LogP contribution in [0.25, 0.3) is 0 Å². The van der Waals surface area contributed by atoms with Crippen molar-refractivity contribution in [1.82, 2.24) is 4.98 Å². The molecule has 5 heteroatoms. The number of rotatable bonds is 1. The zero-order valence-electron chi connectivity index (χ0n) is 7.82. The summed E-state index contributed by atoms with van der Waals surface area (Å²) in [7, 11) is 0. The number of hydrogen-bond acceptors (Lipinski definition) is 3. The summed E-state index contributed by atoms with van der Waals surface area (Å²) in [6, 6.07) is 0. The second kappa shape index (κ2) is 4.13. The maximum absolute atomic E-state index is 11.5. The van der Waals surface area contributed by atoms with Crippen molar-refractivity contribution >= 4 is 21.7 Å². The largest absolute Gasteiger partial charge is 0.710 e. The Labute approximate surface area is 91.3 Å². The van der Waals surface area contributed by atoms with Gasteiger partial charge in [0, 0.05) is 0 Å². The van der Waals surface area contributed by atoms with Gasteiger partial charge in [-0.15, -0.1) is 0 Å². The first-order valence-corrected chi connectivity index (χ1v) is 5.56. The fourth-order valence-corrected chi connectivity index (χ4v) is 2.00. The van der Waals surface area contributed by atoms with Crippen LogP contribution in [0.3, 0.4) is 0 Å². The highest BCUT2D eigenvalue weighted by Gasteiger charge is 2.20. The first kappa shape index (κ1) is 9.71. The SMILES string of the molecule is [O-][n+]1cc(Br)ncc1N1CCCCC1. The quantitative estimate of drug-likeness (QED) is 0.566. The Balaban J connectivity index is 2.22. The van der Waals surface area contributed by atoms with Crippen LogP contribution < -0.4 is 9.63 Å². The number of nitrogens with zero attached hydrogens (tertiary/aromatic N) is 3. The lowest BCUT2D eigenvalue weighted by atomic mass is 10.1. The molecule has 0 atom stereocenters. The van der Waals surface area contributed by atoms with Gasteiger partial charge in [-0.2, -0.15) is 0 Å². The molecule has 1 aromatic heterocycles. The summed E-state index contributed by atoms with van der Waals surface area (Å²) in [5, 5.41) is 11.5. The average molecular weight is 258 g/mol. The van der Waals surface area contributed by atoms with E-state index in [1.165, 1.54) is 12.6 Å². The van der Waals surface area contributed by atoms with Crippen LogP contribution in [0, 0.1) is 5.21 Å². The van der Waals surface area contributed by atoms with Gasteiger partial charge in [0.15, 0.2) is 0 Å². The Hall–Kier alpha value is -0.840. The molecule has 0 saturated carbocycles. The summed E-state index contributed by atoms with van der Waals surface area (Å²) in [4.78, 5) is 6.16. The van der Waals surface area contributed by atoms with Gasteiger partial charge in [-0.05, 0) is 35.2 Å². The monoisotopic (exact) mass is 257 g/mol. The van der Waals surface area contributed by atoms with Gasteiger partial charge >= 0.3 is 0 Å². The van der Waals surface area contributed by atoms with Gasteiger partial charge in [0.2, 0.25) is 0 Å². The molecule has 0 aromatic carbocycles. The van der Waals surface area contributed by atoms with E-state index in [4.69, 9.17) is 0 Å². The van der Waals surface area contributed by atoms with Crippen molar-refractivity contribution in [2.24, 2.45) is 0 Å². The van der Waals surface area contributed by atoms with E-state index in [0.717, 1.165) is 30.7 Å². The van der Waals surface area contributed by atoms with Crippen molar-refractivity contribution in [3.63, 3.8) is 0 Å². The molecular formula is C9H12BrN3O. The molecule has 0 spiro atoms. The number of anilines is 1. The molecule has 1 aliphatic rings. The first-order chi connectivity index (χ1) is 6.77. The lowest BCUT2D eigenvalue weighted by molar-refractivity contribution is -0.593. The zero-order valence-corrected chi connectivity index (χ0v) is 9.40. The maximum atomic E-state index is 11.5. The molecule has 0 radical (unpaired) electrons. The van der Waals surface area contributed by atoms with Crippen molar-refractivity contribution in [2.45, 2.75) is 19.3 Å². The summed E-state index contributed by atoms with van der Waals surface area (Å²) in [5.74, 6) is 0.660. The number of hydrogen-bond donors (Lipinski definition) is 0. The Bertz CT molecular complexity index is 326. The second-order valence-corrected chi connectivity index (χ2v) is 4.25. The van der Waals surface area contributed by atoms with Gasteiger partial charge in [0.05, 0.1) is 13.1 Å². The highest BCUT2D eigenvalue weighted by atomic mass is 79.9. The number of piperidine rings is 1. The van der Waals surface area contributed by atoms with E-state index < -0.39 is 0 Å². The van der Waals surface area contributed by atoms with E-state index >= 15 is 0 Å². The van der Waals surface area contributed by atoms with Crippen LogP contribution in [0.5, 0.6) is 0 Å². The van der Waals surface area contributed by atoms with E-state index in [-0.39, 0.29) is 0 Å². The van der Waals surface area contributed by atoms with Crippen molar-refractivity contribution in [3.05, 3.63) is 22.2 Å². The lowest BCUT2D eigenvalue weighted by Crippen LogP contribution is -2.40. The minimum absolute atomic E-state index is 0.577. The van der Waals surface area contributed by atoms with Gasteiger partial charge in [-0.25, -0.2) is 9.71 Å². The van der Waals surface area contributed by atoms with Gasteiger partial charge < -0.3 is 5.21 Å². The van der Waals surface area contributed by atoms with Gasteiger partial charge in [-0.3, -0.25) is 4.90 Å². The zero-order chi connectivity index (χ0) is 9.97. The fourth-order valence-electron chi connectivity index (χ4n) is 1.72. The molecule has 0 amide bonds. The third-order valence-electron chi connectivity index (χ3n) is 2.43. The van der Waals surface area contributed by atoms with Gasteiger partial charge in [-0.1, -0.05) is 0 Å². The molecule has 4 nitrogen and oxygen atoms in total. The minimum Gasteiger partial charge on any atom is -0.710 e. The number of halogens is 1. The molecule has 76 valence electrons. The van der Waals surface area contributed by atoms with Crippen molar-refractivity contribution in [2.75, 3.05) is 18.0 Å². The van der Waals surface area contributed by atoms with Crippen LogP contribution in [-0.4, -0.2) is 18.1 Å². The van der Waals surface area contributed by atoms with E-state index in [0.29, 0.717) is 10.4 Å². The van der Waals surface area contributed by atoms with Crippen LogP contribution in [0.4, 0.5) is 5.82 Å². The summed E-state index contributed by atoms with van der Waals surface area (Å²) in [5.41, 5.74) is 0. The summed E-state index contributed by atoms with van der Waals surface area (Å²) in [6.07, 6.45) is 6.66. The topological polar surface area (TPSA) is 43.1 Å². The third-order valence-corrected chi connectivity index (χ3v) is 2.84. The highest BCUT2D eigenvalue weighted by Crippen LogP contribution is 2.15. The van der Waals surface area contributed by atoms with E-state index in [1.54, 1.807) is 6.20 Å². The predicted octanol–water partition coefficient (Wildman–Crippen LogP) is 1.47. The average Bonchev–Trinajstić information content (AvgIpc) is 2.19. The predicted molar refractivity (Wildman–Crippen MR) is 57.0 cm³/mol. The van der Waals surface area contributed by atoms with Crippen LogP contribution in [0.2, 0.25) is 0 Å². The summed E-state index contributed by atoms with van der Waals surface area (Å²) >= 11 is 3.17. The minimum atomic E-state index is 0.577. The first-order valence-electron chi connectivity index (χ1n) is 4.77. The summed E-state index contributed by atoms with van der Waals surface area (Å²) in [6.45, 7) is 1.93. The van der Waals surface area contributed by atoms with E-state index in [2.05, 4.69) is 25.8 Å². The molecule has 2 heterocycles. The molecule has 1 fully saturated rings. The van der Waals surface area contributed by atoms with Crippen LogP contribution in [0.1, 0.15) is 19.3 Å². The van der Waals surface area contributed by atoms with Gasteiger partial charge in [0.1, 0.15) is 17.0 Å². The maximum Gasteiger partial charge on any atom is 0.298 e. The van der Waals surface area contributed by atoms with E-state index in [1.807, 2.05) is 0 Å². The fraction of sp³-hybridized carbons (Fsp3) is 0.556. The summed E-state index contributed by atoms with van der Waals surface area (Å²) < 4.78 is 1.45. The molecule has 1 saturated heterocycles. The highest BCUT2D eigenvalue weighted by molar-refractivity contribution is 9.10. The normalized spacial score (nSPS) is 17.1. The molecule has 0 aliphatic carbocycles. The molecule has 0 unspecified atom stereocenters. The molecule has 14 heavy (non-hydrogen) atoms. The van der Waals surface area contributed by atoms with Crippen LogP contribution >= 0.6 is 15.9 Å². The van der Waals surface area contributed by atoms with Gasteiger partial charge in [0.25, 0.3) is 5.82 Å². The smallest absolute Gasteiger partial charge is 0.298 e. The van der Waals surface area contributed by atoms with E-state index in [9.17, 15) is 5.21 Å². The molecule has 2 rings (SSSR count). The Morgan fingerprint density at radius 1 is 1.36 bits per heavy atom. The van der Waals surface area contributed by atoms with Crippen molar-refractivity contribution in [3.8, 4) is 0 Å². The number of aromatic nitrogens is 2. The molecule has 0 N–H and O–H groups in total. The molecule has 1 aliphatic heterocycles. The van der Waals surface area contributed by atoms with Crippen LogP contribution in [0.15, 0.2) is 17.0 Å². The molecule has 0 bridgehead atoms. The van der Waals surface area contributed by atoms with Crippen LogP contribution in [-0.2, 0) is 0 Å².